The van der Waals surface area contributed by atoms with Gasteiger partial charge < -0.3 is 4.74 Å². The Kier molecular flexibility index (Phi) is 6.26. The molecule has 0 saturated carbocycles. The quantitative estimate of drug-likeness (QED) is 0.612. The first kappa shape index (κ1) is 20.6. The molecule has 1 aromatic carbocycles. The number of carbonyl (C=O) groups is 1. The molecular weight excluding hydrogens is 416 g/mol. The fourth-order valence-corrected chi connectivity index (χ4v) is 2.11. The van der Waals surface area contributed by atoms with Crippen LogP contribution in [0, 0.1) is 6.92 Å². The Labute approximate surface area is 162 Å². The number of hydrogen-bond donors (Lipinski definition) is 1. The molecule has 0 atom stereocenters. The minimum atomic E-state index is -4.63. The molecule has 0 aliphatic carbocycles. The van der Waals surface area contributed by atoms with Crippen molar-refractivity contribution in [1.29, 1.82) is 0 Å². The molecule has 0 saturated heterocycles. The second kappa shape index (κ2) is 7.90. The Hall–Kier alpha value is -1.70. The number of halogens is 6. The number of nitrogens with one attached hydrogen (secondary N) is 1. The summed E-state index contributed by atoms with van der Waals surface area (Å²) < 4.78 is 41.7. The maximum atomic E-state index is 13.0. The number of aryl methyl sites for hydroxylation is 1. The number of amides is 1. The number of ether oxygens (including phenoxy) is 1. The van der Waals surface area contributed by atoms with Crippen LogP contribution in [0.15, 0.2) is 36.5 Å². The third-order valence-corrected chi connectivity index (χ3v) is 3.47. The average molecular weight is 428 g/mol. The largest absolute Gasteiger partial charge is 0.445 e. The molecule has 26 heavy (non-hydrogen) atoms. The van der Waals surface area contributed by atoms with Crippen LogP contribution in [-0.4, -0.2) is 21.5 Å². The molecule has 1 amide bonds. The Morgan fingerprint density at radius 3 is 2.35 bits per heavy atom. The first-order valence-corrected chi connectivity index (χ1v) is 8.24. The van der Waals surface area contributed by atoms with E-state index in [1.165, 1.54) is 0 Å². The van der Waals surface area contributed by atoms with Gasteiger partial charge in [0.1, 0.15) is 6.61 Å². The predicted octanol–water partition coefficient (Wildman–Crippen LogP) is 5.99. The van der Waals surface area contributed by atoms with Crippen LogP contribution in [0.2, 0.25) is 0 Å². The van der Waals surface area contributed by atoms with Gasteiger partial charge in [0.25, 0.3) is 0 Å². The van der Waals surface area contributed by atoms with Gasteiger partial charge in [-0.15, -0.1) is 0 Å². The fraction of sp³-hybridized carbons (Fsp3) is 0.250. The summed E-state index contributed by atoms with van der Waals surface area (Å²) in [5, 5.41) is 2.21. The van der Waals surface area contributed by atoms with Crippen LogP contribution in [0.1, 0.15) is 11.1 Å². The van der Waals surface area contributed by atoms with Gasteiger partial charge in [0.15, 0.2) is 0 Å². The molecule has 0 unspecified atom stereocenters. The van der Waals surface area contributed by atoms with Crippen molar-refractivity contribution in [3.05, 3.63) is 47.7 Å². The Morgan fingerprint density at radius 1 is 1.19 bits per heavy atom. The topological polar surface area (TPSA) is 51.2 Å². The number of rotatable bonds is 3. The molecule has 4 nitrogen and oxygen atoms in total. The molecular formula is C16H12Cl3F3N2O2. The van der Waals surface area contributed by atoms with Crippen molar-refractivity contribution in [2.24, 2.45) is 0 Å². The van der Waals surface area contributed by atoms with Gasteiger partial charge in [-0.3, -0.25) is 10.3 Å². The summed E-state index contributed by atoms with van der Waals surface area (Å²) in [7, 11) is 0. The van der Waals surface area contributed by atoms with Crippen molar-refractivity contribution in [3.8, 4) is 11.3 Å². The maximum absolute atomic E-state index is 13.0. The summed E-state index contributed by atoms with van der Waals surface area (Å²) in [6, 6.07) is 7.63. The fourth-order valence-electron chi connectivity index (χ4n) is 1.95. The lowest BCUT2D eigenvalue weighted by molar-refractivity contribution is -0.137. The highest BCUT2D eigenvalue weighted by atomic mass is 35.6. The number of hydrogen-bond acceptors (Lipinski definition) is 3. The van der Waals surface area contributed by atoms with E-state index in [9.17, 15) is 18.0 Å². The molecule has 0 fully saturated rings. The van der Waals surface area contributed by atoms with E-state index in [2.05, 4.69) is 10.3 Å². The minimum Gasteiger partial charge on any atom is -0.445 e. The third-order valence-electron chi connectivity index (χ3n) is 3.14. The highest BCUT2D eigenvalue weighted by Gasteiger charge is 2.32. The zero-order valence-electron chi connectivity index (χ0n) is 13.2. The standard InChI is InChI=1S/C16H12Cl3F3N2O2/c1-9-2-4-10(5-3-9)13-12(6-11(7-23-13)16(20,21)22)24-14(25)26-8-15(17,18)19/h2-7H,8H2,1H3,(H,24,25). The van der Waals surface area contributed by atoms with E-state index >= 15 is 0 Å². The van der Waals surface area contributed by atoms with Crippen molar-refractivity contribution in [2.45, 2.75) is 16.9 Å². The highest BCUT2D eigenvalue weighted by molar-refractivity contribution is 6.67. The number of alkyl halides is 6. The number of pyridine rings is 1. The number of carbonyl (C=O) groups excluding carboxylic acids is 1. The first-order valence-electron chi connectivity index (χ1n) is 7.10. The van der Waals surface area contributed by atoms with Crippen LogP contribution in [0.4, 0.5) is 23.7 Å². The van der Waals surface area contributed by atoms with E-state index in [-0.39, 0.29) is 11.4 Å². The normalized spacial score (nSPS) is 12.0. The molecule has 1 N–H and O–H groups in total. The number of benzene rings is 1. The van der Waals surface area contributed by atoms with Crippen LogP contribution in [-0.2, 0) is 10.9 Å². The molecule has 10 heteroatoms. The summed E-state index contributed by atoms with van der Waals surface area (Å²) in [6.07, 6.45) is -5.02. The van der Waals surface area contributed by atoms with Gasteiger partial charge in [-0.2, -0.15) is 13.2 Å². The molecule has 0 bridgehead atoms. The smallest absolute Gasteiger partial charge is 0.417 e. The van der Waals surface area contributed by atoms with E-state index in [0.717, 1.165) is 11.6 Å². The zero-order chi connectivity index (χ0) is 19.5. The van der Waals surface area contributed by atoms with Gasteiger partial charge in [0.05, 0.1) is 16.9 Å². The van der Waals surface area contributed by atoms with Crippen LogP contribution in [0.5, 0.6) is 0 Å². The van der Waals surface area contributed by atoms with Gasteiger partial charge in [-0.05, 0) is 13.0 Å². The SMILES string of the molecule is Cc1ccc(-c2ncc(C(F)(F)F)cc2NC(=O)OCC(Cl)(Cl)Cl)cc1. The summed E-state index contributed by atoms with van der Waals surface area (Å²) in [4.78, 5) is 15.7. The van der Waals surface area contributed by atoms with Gasteiger partial charge in [-0.25, -0.2) is 4.79 Å². The summed E-state index contributed by atoms with van der Waals surface area (Å²) >= 11 is 16.4. The van der Waals surface area contributed by atoms with Gasteiger partial charge in [-0.1, -0.05) is 64.6 Å². The van der Waals surface area contributed by atoms with Crippen molar-refractivity contribution < 1.29 is 22.7 Å². The Balaban J connectivity index is 2.36. The van der Waals surface area contributed by atoms with E-state index in [4.69, 9.17) is 39.5 Å². The third kappa shape index (κ3) is 5.93. The summed E-state index contributed by atoms with van der Waals surface area (Å²) in [6.45, 7) is 1.28. The van der Waals surface area contributed by atoms with E-state index in [0.29, 0.717) is 11.8 Å². The van der Waals surface area contributed by atoms with Crippen LogP contribution < -0.4 is 5.32 Å². The average Bonchev–Trinajstić information content (AvgIpc) is 2.52. The lowest BCUT2D eigenvalue weighted by atomic mass is 10.1. The second-order valence-electron chi connectivity index (χ2n) is 5.30. The summed E-state index contributed by atoms with van der Waals surface area (Å²) in [5.41, 5.74) is 0.408. The lowest BCUT2D eigenvalue weighted by Gasteiger charge is -2.15. The van der Waals surface area contributed by atoms with E-state index in [1.807, 2.05) is 6.92 Å². The second-order valence-corrected chi connectivity index (χ2v) is 7.82. The maximum Gasteiger partial charge on any atom is 0.417 e. The number of aromatic nitrogens is 1. The molecule has 1 aromatic heterocycles. The van der Waals surface area contributed by atoms with Crippen LogP contribution >= 0.6 is 34.8 Å². The Bertz CT molecular complexity index is 791. The van der Waals surface area contributed by atoms with Crippen LogP contribution in [0.25, 0.3) is 11.3 Å². The predicted molar refractivity (Wildman–Crippen MR) is 94.7 cm³/mol. The van der Waals surface area contributed by atoms with Crippen molar-refractivity contribution in [3.63, 3.8) is 0 Å². The van der Waals surface area contributed by atoms with Gasteiger partial charge >= 0.3 is 12.3 Å². The van der Waals surface area contributed by atoms with E-state index < -0.39 is 28.2 Å². The molecule has 0 radical (unpaired) electrons. The molecule has 140 valence electrons. The highest BCUT2D eigenvalue weighted by Crippen LogP contribution is 2.34. The molecule has 2 rings (SSSR count). The monoisotopic (exact) mass is 426 g/mol. The zero-order valence-corrected chi connectivity index (χ0v) is 15.5. The molecule has 0 aliphatic rings. The van der Waals surface area contributed by atoms with Crippen LogP contribution in [0.3, 0.4) is 0 Å². The molecule has 1 heterocycles. The molecule has 0 spiro atoms. The summed E-state index contributed by atoms with van der Waals surface area (Å²) in [5.74, 6) is 0. The van der Waals surface area contributed by atoms with E-state index in [1.54, 1.807) is 24.3 Å². The molecule has 2 aromatic rings. The number of anilines is 1. The van der Waals surface area contributed by atoms with Crippen molar-refractivity contribution >= 4 is 46.6 Å². The minimum absolute atomic E-state index is 0.142. The van der Waals surface area contributed by atoms with Gasteiger partial charge in [0.2, 0.25) is 3.79 Å². The lowest BCUT2D eigenvalue weighted by Crippen LogP contribution is -2.22. The first-order chi connectivity index (χ1) is 12.0. The van der Waals surface area contributed by atoms with Crippen molar-refractivity contribution in [2.75, 3.05) is 11.9 Å². The molecule has 0 aliphatic heterocycles. The van der Waals surface area contributed by atoms with Crippen molar-refractivity contribution in [1.82, 2.24) is 4.98 Å². The van der Waals surface area contributed by atoms with Gasteiger partial charge in [0, 0.05) is 11.8 Å². The Morgan fingerprint density at radius 2 is 1.81 bits per heavy atom. The number of nitrogens with zero attached hydrogens (tertiary/aromatic N) is 1.